The summed E-state index contributed by atoms with van der Waals surface area (Å²) in [5.74, 6) is -0.511. The second kappa shape index (κ2) is 7.95. The molecular formula is C23H23N3O2. The molecule has 1 aliphatic heterocycles. The van der Waals surface area contributed by atoms with Gasteiger partial charge in [-0.25, -0.2) is 0 Å². The summed E-state index contributed by atoms with van der Waals surface area (Å²) >= 11 is 0. The van der Waals surface area contributed by atoms with Crippen LogP contribution >= 0.6 is 0 Å². The number of likely N-dealkylation sites (tertiary alicyclic amines) is 1. The maximum atomic E-state index is 12.8. The molecule has 28 heavy (non-hydrogen) atoms. The summed E-state index contributed by atoms with van der Waals surface area (Å²) in [7, 11) is 0. The molecule has 1 N–H and O–H groups in total. The van der Waals surface area contributed by atoms with Crippen LogP contribution in [0.1, 0.15) is 53.2 Å². The first-order valence-electron chi connectivity index (χ1n) is 9.78. The summed E-state index contributed by atoms with van der Waals surface area (Å²) in [5, 5.41) is 19.6. The van der Waals surface area contributed by atoms with Gasteiger partial charge in [-0.05, 0) is 54.5 Å². The van der Waals surface area contributed by atoms with E-state index in [0.717, 1.165) is 18.4 Å². The third-order valence-electron chi connectivity index (χ3n) is 5.81. The summed E-state index contributed by atoms with van der Waals surface area (Å²) in [5.41, 5.74) is 3.88. The number of aromatic nitrogens is 1. The average molecular weight is 373 g/mol. The molecule has 2 aliphatic rings. The molecule has 0 bridgehead atoms. The number of amides is 1. The maximum absolute atomic E-state index is 12.8. The topological polar surface area (TPSA) is 77.2 Å². The molecule has 0 saturated carbocycles. The van der Waals surface area contributed by atoms with E-state index in [4.69, 9.17) is 0 Å². The number of nitrogens with zero attached hydrogens (tertiary/aromatic N) is 3. The quantitative estimate of drug-likeness (QED) is 0.889. The normalized spacial score (nSPS) is 24.1. The van der Waals surface area contributed by atoms with Gasteiger partial charge in [-0.3, -0.25) is 9.78 Å². The van der Waals surface area contributed by atoms with E-state index in [1.807, 2.05) is 12.1 Å². The van der Waals surface area contributed by atoms with Gasteiger partial charge in [0.05, 0.1) is 18.7 Å². The third kappa shape index (κ3) is 3.21. The van der Waals surface area contributed by atoms with Crippen LogP contribution in [0, 0.1) is 11.3 Å². The standard InChI is InChI=1S/C23H23N3O2/c24-14-20-22(18-11-9-17(10-12-18)16-6-2-1-3-7-16)21(15-27)26(20)23(28)19-8-4-5-13-25-19/h4-6,8-13,20-22,27H,1-3,7,15H2/t20-,21-,22+/m1/s1. The lowest BCUT2D eigenvalue weighted by Crippen LogP contribution is -2.65. The Kier molecular flexibility index (Phi) is 5.23. The number of pyridine rings is 1. The molecule has 1 aromatic heterocycles. The van der Waals surface area contributed by atoms with Crippen molar-refractivity contribution in [3.05, 3.63) is 71.6 Å². The maximum Gasteiger partial charge on any atom is 0.273 e. The van der Waals surface area contributed by atoms with Crippen molar-refractivity contribution in [1.29, 1.82) is 5.26 Å². The number of rotatable bonds is 4. The number of nitriles is 1. The lowest BCUT2D eigenvalue weighted by molar-refractivity contribution is -0.00629. The van der Waals surface area contributed by atoms with E-state index in [2.05, 4.69) is 29.3 Å². The van der Waals surface area contributed by atoms with Gasteiger partial charge >= 0.3 is 0 Å². The number of carbonyl (C=O) groups excluding carboxylic acids is 1. The van der Waals surface area contributed by atoms with Crippen molar-refractivity contribution >= 4 is 11.5 Å². The van der Waals surface area contributed by atoms with E-state index in [-0.39, 0.29) is 18.4 Å². The fourth-order valence-electron chi connectivity index (χ4n) is 4.33. The van der Waals surface area contributed by atoms with Crippen molar-refractivity contribution in [3.63, 3.8) is 0 Å². The van der Waals surface area contributed by atoms with Crippen molar-refractivity contribution in [3.8, 4) is 6.07 Å². The highest BCUT2D eigenvalue weighted by molar-refractivity contribution is 5.94. The van der Waals surface area contributed by atoms with Crippen molar-refractivity contribution in [2.45, 2.75) is 43.7 Å². The SMILES string of the molecule is N#C[C@@H]1[C@H](c2ccc(C3=CCCCC3)cc2)[C@@H](CO)N1C(=O)c1ccccn1. The minimum Gasteiger partial charge on any atom is -0.394 e. The van der Waals surface area contributed by atoms with Gasteiger partial charge in [-0.2, -0.15) is 5.26 Å². The van der Waals surface area contributed by atoms with Gasteiger partial charge in [0.1, 0.15) is 11.7 Å². The first-order valence-corrected chi connectivity index (χ1v) is 9.78. The summed E-state index contributed by atoms with van der Waals surface area (Å²) < 4.78 is 0. The molecular weight excluding hydrogens is 350 g/mol. The van der Waals surface area contributed by atoms with Crippen LogP contribution in [0.4, 0.5) is 0 Å². The Morgan fingerprint density at radius 1 is 1.21 bits per heavy atom. The first-order chi connectivity index (χ1) is 13.7. The predicted octanol–water partition coefficient (Wildman–Crippen LogP) is 3.53. The Bertz CT molecular complexity index is 915. The number of hydrogen-bond acceptors (Lipinski definition) is 4. The monoisotopic (exact) mass is 373 g/mol. The van der Waals surface area contributed by atoms with E-state index in [0.29, 0.717) is 5.69 Å². The number of allylic oxidation sites excluding steroid dienone is 2. The third-order valence-corrected chi connectivity index (χ3v) is 5.81. The molecule has 0 spiro atoms. The highest BCUT2D eigenvalue weighted by Crippen LogP contribution is 2.41. The van der Waals surface area contributed by atoms with E-state index in [9.17, 15) is 15.2 Å². The van der Waals surface area contributed by atoms with Crippen LogP contribution in [0.15, 0.2) is 54.7 Å². The number of hydrogen-bond donors (Lipinski definition) is 1. The molecule has 3 atom stereocenters. The summed E-state index contributed by atoms with van der Waals surface area (Å²) in [6.07, 6.45) is 8.58. The molecule has 2 aromatic rings. The molecule has 1 amide bonds. The van der Waals surface area contributed by atoms with Crippen LogP contribution in [0.5, 0.6) is 0 Å². The molecule has 1 fully saturated rings. The molecule has 1 aromatic carbocycles. The molecule has 5 heteroatoms. The van der Waals surface area contributed by atoms with Gasteiger partial charge in [0.15, 0.2) is 0 Å². The van der Waals surface area contributed by atoms with Gasteiger partial charge in [0, 0.05) is 12.1 Å². The van der Waals surface area contributed by atoms with Gasteiger partial charge in [0.25, 0.3) is 5.91 Å². The zero-order chi connectivity index (χ0) is 19.5. The molecule has 1 aliphatic carbocycles. The van der Waals surface area contributed by atoms with Crippen LogP contribution in [0.3, 0.4) is 0 Å². The molecule has 1 saturated heterocycles. The Morgan fingerprint density at radius 3 is 2.64 bits per heavy atom. The fourth-order valence-corrected chi connectivity index (χ4v) is 4.33. The molecule has 0 radical (unpaired) electrons. The second-order valence-electron chi connectivity index (χ2n) is 7.37. The van der Waals surface area contributed by atoms with E-state index >= 15 is 0 Å². The van der Waals surface area contributed by atoms with Gasteiger partial charge in [-0.1, -0.05) is 36.4 Å². The second-order valence-corrected chi connectivity index (χ2v) is 7.37. The summed E-state index contributed by atoms with van der Waals surface area (Å²) in [6, 6.07) is 14.6. The number of benzene rings is 1. The first kappa shape index (κ1) is 18.4. The summed E-state index contributed by atoms with van der Waals surface area (Å²) in [6.45, 7) is -0.186. The number of aliphatic hydroxyl groups excluding tert-OH is 1. The van der Waals surface area contributed by atoms with E-state index in [1.165, 1.54) is 28.9 Å². The van der Waals surface area contributed by atoms with Gasteiger partial charge < -0.3 is 10.0 Å². The lowest BCUT2D eigenvalue weighted by Gasteiger charge is -2.51. The molecule has 4 rings (SSSR count). The zero-order valence-electron chi connectivity index (χ0n) is 15.7. The van der Waals surface area contributed by atoms with Crippen LogP contribution in [0.2, 0.25) is 0 Å². The van der Waals surface area contributed by atoms with Gasteiger partial charge in [0.2, 0.25) is 0 Å². The lowest BCUT2D eigenvalue weighted by atomic mass is 9.75. The van der Waals surface area contributed by atoms with Gasteiger partial charge in [-0.15, -0.1) is 0 Å². The van der Waals surface area contributed by atoms with Crippen LogP contribution in [-0.4, -0.2) is 39.6 Å². The zero-order valence-corrected chi connectivity index (χ0v) is 15.7. The molecule has 142 valence electrons. The Hall–Kier alpha value is -2.97. The molecule has 5 nitrogen and oxygen atoms in total. The van der Waals surface area contributed by atoms with Crippen LogP contribution in [0.25, 0.3) is 5.57 Å². The van der Waals surface area contributed by atoms with Crippen molar-refractivity contribution in [2.75, 3.05) is 6.61 Å². The molecule has 2 heterocycles. The highest BCUT2D eigenvalue weighted by atomic mass is 16.3. The smallest absolute Gasteiger partial charge is 0.273 e. The molecule has 0 unspecified atom stereocenters. The number of carbonyl (C=O) groups is 1. The summed E-state index contributed by atoms with van der Waals surface area (Å²) in [4.78, 5) is 18.4. The highest BCUT2D eigenvalue weighted by Gasteiger charge is 2.52. The van der Waals surface area contributed by atoms with E-state index in [1.54, 1.807) is 24.4 Å². The minimum atomic E-state index is -0.605. The fraction of sp³-hybridized carbons (Fsp3) is 0.348. The predicted molar refractivity (Wildman–Crippen MR) is 106 cm³/mol. The Balaban J connectivity index is 1.57. The minimum absolute atomic E-state index is 0.186. The average Bonchev–Trinajstić information content (AvgIpc) is 2.75. The Labute approximate surface area is 164 Å². The van der Waals surface area contributed by atoms with Crippen molar-refractivity contribution < 1.29 is 9.90 Å². The number of aliphatic hydroxyl groups is 1. The van der Waals surface area contributed by atoms with Crippen molar-refractivity contribution in [1.82, 2.24) is 9.88 Å². The van der Waals surface area contributed by atoms with Crippen molar-refractivity contribution in [2.24, 2.45) is 0 Å². The van der Waals surface area contributed by atoms with Crippen LogP contribution in [-0.2, 0) is 0 Å². The largest absolute Gasteiger partial charge is 0.394 e. The van der Waals surface area contributed by atoms with Crippen LogP contribution < -0.4 is 0 Å². The van der Waals surface area contributed by atoms with E-state index < -0.39 is 12.1 Å². The Morgan fingerprint density at radius 2 is 2.04 bits per heavy atom.